The molecule has 0 spiro atoms. The lowest BCUT2D eigenvalue weighted by Crippen LogP contribution is -2.27. The summed E-state index contributed by atoms with van der Waals surface area (Å²) in [4.78, 5) is 12.2. The summed E-state index contributed by atoms with van der Waals surface area (Å²) in [5.74, 6) is 1.12. The molecule has 1 aromatic carbocycles. The Labute approximate surface area is 109 Å². The van der Waals surface area contributed by atoms with Gasteiger partial charge in [0.1, 0.15) is 0 Å². The van der Waals surface area contributed by atoms with E-state index >= 15 is 0 Å². The summed E-state index contributed by atoms with van der Waals surface area (Å²) in [6.07, 6.45) is 0. The molecule has 0 bridgehead atoms. The Bertz CT molecular complexity index is 428. The highest BCUT2D eigenvalue weighted by Crippen LogP contribution is 2.21. The Hall–Kier alpha value is -1.35. The first-order valence-electron chi connectivity index (χ1n) is 6.69. The van der Waals surface area contributed by atoms with Crippen molar-refractivity contribution in [2.45, 2.75) is 26.7 Å². The van der Waals surface area contributed by atoms with Crippen LogP contribution in [0.2, 0.25) is 0 Å². The molecular formula is C15H22N2O. The van der Waals surface area contributed by atoms with Crippen molar-refractivity contribution in [1.29, 1.82) is 0 Å². The van der Waals surface area contributed by atoms with Gasteiger partial charge in [-0.1, -0.05) is 32.9 Å². The number of benzene rings is 1. The minimum Gasteiger partial charge on any atom is -0.326 e. The fourth-order valence-corrected chi connectivity index (χ4v) is 2.37. The largest absolute Gasteiger partial charge is 0.326 e. The maximum absolute atomic E-state index is 12.2. The van der Waals surface area contributed by atoms with E-state index in [9.17, 15) is 4.79 Å². The number of carbonyl (C=O) groups excluding carboxylic acids is 1. The van der Waals surface area contributed by atoms with Crippen LogP contribution in [0.5, 0.6) is 0 Å². The van der Waals surface area contributed by atoms with E-state index in [1.54, 1.807) is 0 Å². The number of carbonyl (C=O) groups is 1. The number of nitrogens with one attached hydrogen (secondary N) is 2. The smallest absolute Gasteiger partial charge is 0.229 e. The van der Waals surface area contributed by atoms with Crippen LogP contribution in [-0.4, -0.2) is 19.0 Å². The molecular weight excluding hydrogens is 224 g/mol. The fraction of sp³-hybridized carbons (Fsp3) is 0.533. The van der Waals surface area contributed by atoms with Crippen LogP contribution in [-0.2, 0) is 4.79 Å². The lowest BCUT2D eigenvalue weighted by molar-refractivity contribution is -0.120. The summed E-state index contributed by atoms with van der Waals surface area (Å²) < 4.78 is 0. The molecule has 0 aliphatic carbocycles. The summed E-state index contributed by atoms with van der Waals surface area (Å²) in [5, 5.41) is 6.29. The number of amides is 1. The molecule has 3 nitrogen and oxygen atoms in total. The van der Waals surface area contributed by atoms with Crippen LogP contribution in [0, 0.1) is 11.8 Å². The molecule has 0 saturated carbocycles. The average molecular weight is 246 g/mol. The molecule has 1 aliphatic heterocycles. The van der Waals surface area contributed by atoms with Crippen molar-refractivity contribution >= 4 is 11.6 Å². The van der Waals surface area contributed by atoms with Gasteiger partial charge in [-0.3, -0.25) is 4.79 Å². The van der Waals surface area contributed by atoms with Crippen molar-refractivity contribution in [3.8, 4) is 0 Å². The van der Waals surface area contributed by atoms with Crippen molar-refractivity contribution in [3.05, 3.63) is 29.8 Å². The Balaban J connectivity index is 2.04. The summed E-state index contributed by atoms with van der Waals surface area (Å²) in [6.45, 7) is 8.16. The second-order valence-corrected chi connectivity index (χ2v) is 5.51. The Morgan fingerprint density at radius 2 is 2.17 bits per heavy atom. The van der Waals surface area contributed by atoms with Gasteiger partial charge in [0, 0.05) is 12.2 Å². The highest BCUT2D eigenvalue weighted by Gasteiger charge is 2.29. The molecule has 2 N–H and O–H groups in total. The van der Waals surface area contributed by atoms with Crippen LogP contribution < -0.4 is 10.6 Å². The molecule has 0 aromatic heterocycles. The third kappa shape index (κ3) is 2.91. The molecule has 98 valence electrons. The predicted molar refractivity (Wildman–Crippen MR) is 74.7 cm³/mol. The van der Waals surface area contributed by atoms with Gasteiger partial charge in [-0.2, -0.15) is 0 Å². The van der Waals surface area contributed by atoms with E-state index in [1.807, 2.05) is 12.1 Å². The topological polar surface area (TPSA) is 41.1 Å². The minimum atomic E-state index is 0.0905. The maximum atomic E-state index is 12.2. The van der Waals surface area contributed by atoms with E-state index in [2.05, 4.69) is 43.5 Å². The van der Waals surface area contributed by atoms with Gasteiger partial charge in [-0.05, 0) is 36.1 Å². The van der Waals surface area contributed by atoms with Crippen molar-refractivity contribution in [2.75, 3.05) is 18.4 Å². The van der Waals surface area contributed by atoms with Gasteiger partial charge in [0.25, 0.3) is 0 Å². The molecule has 2 rings (SSSR count). The van der Waals surface area contributed by atoms with Crippen LogP contribution >= 0.6 is 0 Å². The summed E-state index contributed by atoms with van der Waals surface area (Å²) >= 11 is 0. The molecule has 0 radical (unpaired) electrons. The minimum absolute atomic E-state index is 0.0905. The summed E-state index contributed by atoms with van der Waals surface area (Å²) in [7, 11) is 0. The van der Waals surface area contributed by atoms with Crippen LogP contribution in [0.1, 0.15) is 32.3 Å². The van der Waals surface area contributed by atoms with Gasteiger partial charge in [-0.25, -0.2) is 0 Å². The fourth-order valence-electron chi connectivity index (χ4n) is 2.37. The first-order chi connectivity index (χ1) is 8.58. The molecule has 3 heteroatoms. The van der Waals surface area contributed by atoms with E-state index in [-0.39, 0.29) is 11.8 Å². The Morgan fingerprint density at radius 1 is 1.39 bits per heavy atom. The van der Waals surface area contributed by atoms with Gasteiger partial charge < -0.3 is 10.6 Å². The molecule has 1 heterocycles. The van der Waals surface area contributed by atoms with Crippen molar-refractivity contribution in [3.63, 3.8) is 0 Å². The molecule has 1 aliphatic rings. The van der Waals surface area contributed by atoms with Gasteiger partial charge >= 0.3 is 0 Å². The lowest BCUT2D eigenvalue weighted by Gasteiger charge is -2.15. The van der Waals surface area contributed by atoms with Crippen molar-refractivity contribution in [2.24, 2.45) is 11.8 Å². The van der Waals surface area contributed by atoms with Crippen molar-refractivity contribution < 1.29 is 4.79 Å². The predicted octanol–water partition coefficient (Wildman–Crippen LogP) is 2.60. The second-order valence-electron chi connectivity index (χ2n) is 5.51. The van der Waals surface area contributed by atoms with E-state index in [4.69, 9.17) is 0 Å². The normalized spacial score (nSPS) is 23.3. The molecule has 1 saturated heterocycles. The highest BCUT2D eigenvalue weighted by atomic mass is 16.1. The first-order valence-corrected chi connectivity index (χ1v) is 6.69. The molecule has 1 fully saturated rings. The maximum Gasteiger partial charge on any atom is 0.229 e. The number of rotatable bonds is 3. The van der Waals surface area contributed by atoms with Gasteiger partial charge in [-0.15, -0.1) is 0 Å². The zero-order chi connectivity index (χ0) is 13.1. The molecule has 18 heavy (non-hydrogen) atoms. The van der Waals surface area contributed by atoms with Crippen LogP contribution in [0.15, 0.2) is 24.3 Å². The van der Waals surface area contributed by atoms with E-state index < -0.39 is 0 Å². The summed E-state index contributed by atoms with van der Waals surface area (Å²) in [5.41, 5.74) is 2.16. The number of anilines is 1. The zero-order valence-corrected chi connectivity index (χ0v) is 11.4. The molecule has 1 aromatic rings. The second kappa shape index (κ2) is 5.53. The summed E-state index contributed by atoms with van der Waals surface area (Å²) in [6, 6.07) is 8.12. The number of hydrogen-bond donors (Lipinski definition) is 2. The number of hydrogen-bond acceptors (Lipinski definition) is 2. The van der Waals surface area contributed by atoms with Gasteiger partial charge in [0.05, 0.1) is 5.92 Å². The lowest BCUT2D eigenvalue weighted by atomic mass is 9.97. The van der Waals surface area contributed by atoms with Gasteiger partial charge in [0.2, 0.25) is 5.91 Å². The SMILES string of the molecule is CC(C)c1cccc(NC(=O)[C@@H]2CNC[C@H]2C)c1. The van der Waals surface area contributed by atoms with E-state index in [1.165, 1.54) is 5.56 Å². The zero-order valence-electron chi connectivity index (χ0n) is 11.4. The third-order valence-electron chi connectivity index (χ3n) is 3.68. The molecule has 1 amide bonds. The quantitative estimate of drug-likeness (QED) is 0.860. The van der Waals surface area contributed by atoms with E-state index in [0.717, 1.165) is 18.8 Å². The van der Waals surface area contributed by atoms with Crippen LogP contribution in [0.25, 0.3) is 0 Å². The van der Waals surface area contributed by atoms with Crippen molar-refractivity contribution in [1.82, 2.24) is 5.32 Å². The Morgan fingerprint density at radius 3 is 2.78 bits per heavy atom. The standard InChI is InChI=1S/C15H22N2O/c1-10(2)12-5-4-6-13(7-12)17-15(18)14-9-16-8-11(14)3/h4-7,10-11,14,16H,8-9H2,1-3H3,(H,17,18)/t11-,14-/m1/s1. The first kappa shape index (κ1) is 13.1. The van der Waals surface area contributed by atoms with Crippen LogP contribution in [0.4, 0.5) is 5.69 Å². The van der Waals surface area contributed by atoms with E-state index in [0.29, 0.717) is 11.8 Å². The van der Waals surface area contributed by atoms with Gasteiger partial charge in [0.15, 0.2) is 0 Å². The third-order valence-corrected chi connectivity index (χ3v) is 3.68. The van der Waals surface area contributed by atoms with Crippen LogP contribution in [0.3, 0.4) is 0 Å². The highest BCUT2D eigenvalue weighted by molar-refractivity contribution is 5.93. The molecule has 2 atom stereocenters. The molecule has 0 unspecified atom stereocenters. The average Bonchev–Trinajstić information content (AvgIpc) is 2.76. The monoisotopic (exact) mass is 246 g/mol. The Kier molecular flexibility index (Phi) is 4.02.